The molecular formula is C20H27N3O2. The molecule has 3 N–H and O–H groups in total. The van der Waals surface area contributed by atoms with Crippen molar-refractivity contribution in [3.05, 3.63) is 59.2 Å². The molecule has 0 atom stereocenters. The second-order valence-corrected chi connectivity index (χ2v) is 5.83. The summed E-state index contributed by atoms with van der Waals surface area (Å²) < 4.78 is 5.14. The first-order valence-electron chi connectivity index (χ1n) is 8.56. The van der Waals surface area contributed by atoms with E-state index in [-0.39, 0.29) is 5.75 Å². The average molecular weight is 341 g/mol. The summed E-state index contributed by atoms with van der Waals surface area (Å²) in [6.45, 7) is 6.21. The monoisotopic (exact) mass is 341 g/mol. The Labute approximate surface area is 149 Å². The zero-order valence-corrected chi connectivity index (χ0v) is 15.2. The summed E-state index contributed by atoms with van der Waals surface area (Å²) in [5.41, 5.74) is 3.27. The van der Waals surface area contributed by atoms with Crippen LogP contribution in [-0.2, 0) is 13.0 Å². The summed E-state index contributed by atoms with van der Waals surface area (Å²) in [5, 5.41) is 16.7. The van der Waals surface area contributed by atoms with Crippen LogP contribution in [0.2, 0.25) is 0 Å². The van der Waals surface area contributed by atoms with Crippen LogP contribution in [0, 0.1) is 6.92 Å². The summed E-state index contributed by atoms with van der Waals surface area (Å²) in [6, 6.07) is 13.9. The summed E-state index contributed by atoms with van der Waals surface area (Å²) >= 11 is 0. The summed E-state index contributed by atoms with van der Waals surface area (Å²) in [4.78, 5) is 4.62. The van der Waals surface area contributed by atoms with Gasteiger partial charge in [0.15, 0.2) is 17.5 Å². The Morgan fingerprint density at radius 1 is 1.16 bits per heavy atom. The number of nitrogens with one attached hydrogen (secondary N) is 2. The number of hydrogen-bond acceptors (Lipinski definition) is 3. The van der Waals surface area contributed by atoms with Crippen molar-refractivity contribution in [2.45, 2.75) is 26.8 Å². The van der Waals surface area contributed by atoms with Gasteiger partial charge < -0.3 is 20.5 Å². The lowest BCUT2D eigenvalue weighted by Gasteiger charge is -2.13. The van der Waals surface area contributed by atoms with E-state index in [2.05, 4.69) is 40.7 Å². The molecule has 0 heterocycles. The molecule has 0 saturated heterocycles. The number of hydrogen-bond donors (Lipinski definition) is 3. The molecule has 0 saturated carbocycles. The zero-order valence-electron chi connectivity index (χ0n) is 15.2. The predicted molar refractivity (Wildman–Crippen MR) is 102 cm³/mol. The van der Waals surface area contributed by atoms with Gasteiger partial charge in [-0.15, -0.1) is 0 Å². The highest BCUT2D eigenvalue weighted by Crippen LogP contribution is 2.29. The fraction of sp³-hybridized carbons (Fsp3) is 0.350. The van der Waals surface area contributed by atoms with Crippen molar-refractivity contribution in [3.63, 3.8) is 0 Å². The zero-order chi connectivity index (χ0) is 18.1. The van der Waals surface area contributed by atoms with Crippen LogP contribution in [-0.4, -0.2) is 31.3 Å². The fourth-order valence-corrected chi connectivity index (χ4v) is 2.57. The van der Waals surface area contributed by atoms with Crippen LogP contribution >= 0.6 is 0 Å². The van der Waals surface area contributed by atoms with Gasteiger partial charge in [-0.05, 0) is 37.5 Å². The normalized spacial score (nSPS) is 11.2. The minimum Gasteiger partial charge on any atom is -0.504 e. The Balaban J connectivity index is 1.94. The van der Waals surface area contributed by atoms with E-state index < -0.39 is 0 Å². The number of rotatable bonds is 7. The van der Waals surface area contributed by atoms with Gasteiger partial charge in [0.25, 0.3) is 0 Å². The molecule has 5 nitrogen and oxygen atoms in total. The molecule has 0 radical (unpaired) electrons. The topological polar surface area (TPSA) is 65.9 Å². The van der Waals surface area contributed by atoms with E-state index in [1.165, 1.54) is 11.1 Å². The SMILES string of the molecule is CCNC(=NCc1cccc(C)c1)NCCc1cccc(OC)c1O. The van der Waals surface area contributed by atoms with E-state index in [1.54, 1.807) is 13.2 Å². The van der Waals surface area contributed by atoms with Crippen LogP contribution in [0.4, 0.5) is 0 Å². The number of phenols is 1. The maximum absolute atomic E-state index is 10.1. The van der Waals surface area contributed by atoms with Gasteiger partial charge in [0.1, 0.15) is 0 Å². The van der Waals surface area contributed by atoms with Crippen molar-refractivity contribution in [2.75, 3.05) is 20.2 Å². The van der Waals surface area contributed by atoms with Crippen LogP contribution in [0.3, 0.4) is 0 Å². The minimum absolute atomic E-state index is 0.202. The number of aryl methyl sites for hydroxylation is 1. The molecule has 2 aromatic carbocycles. The van der Waals surface area contributed by atoms with E-state index in [0.717, 1.165) is 18.1 Å². The van der Waals surface area contributed by atoms with Crippen molar-refractivity contribution in [2.24, 2.45) is 4.99 Å². The maximum atomic E-state index is 10.1. The number of aliphatic imine (C=N–C) groups is 1. The Morgan fingerprint density at radius 3 is 2.68 bits per heavy atom. The van der Waals surface area contributed by atoms with Crippen LogP contribution < -0.4 is 15.4 Å². The molecule has 0 fully saturated rings. The van der Waals surface area contributed by atoms with Gasteiger partial charge in [-0.1, -0.05) is 42.0 Å². The third-order valence-electron chi connectivity index (χ3n) is 3.84. The van der Waals surface area contributed by atoms with Crippen LogP contribution in [0.25, 0.3) is 0 Å². The third kappa shape index (κ3) is 5.71. The van der Waals surface area contributed by atoms with Gasteiger partial charge in [-0.3, -0.25) is 0 Å². The Kier molecular flexibility index (Phi) is 7.14. The fourth-order valence-electron chi connectivity index (χ4n) is 2.57. The van der Waals surface area contributed by atoms with E-state index in [4.69, 9.17) is 4.74 Å². The van der Waals surface area contributed by atoms with Crippen molar-refractivity contribution in [3.8, 4) is 11.5 Å². The van der Waals surface area contributed by atoms with E-state index in [9.17, 15) is 5.11 Å². The molecule has 134 valence electrons. The molecule has 0 aliphatic carbocycles. The van der Waals surface area contributed by atoms with Crippen LogP contribution in [0.1, 0.15) is 23.6 Å². The van der Waals surface area contributed by atoms with Crippen LogP contribution in [0.5, 0.6) is 11.5 Å². The highest BCUT2D eigenvalue weighted by molar-refractivity contribution is 5.79. The predicted octanol–water partition coefficient (Wildman–Crippen LogP) is 3.01. The molecule has 25 heavy (non-hydrogen) atoms. The second-order valence-electron chi connectivity index (χ2n) is 5.83. The quantitative estimate of drug-likeness (QED) is 0.535. The Bertz CT molecular complexity index is 714. The lowest BCUT2D eigenvalue weighted by molar-refractivity contribution is 0.370. The molecule has 0 spiro atoms. The number of para-hydroxylation sites is 1. The van der Waals surface area contributed by atoms with Crippen LogP contribution in [0.15, 0.2) is 47.5 Å². The minimum atomic E-state index is 0.202. The summed E-state index contributed by atoms with van der Waals surface area (Å²) in [5.74, 6) is 1.47. The van der Waals surface area contributed by atoms with Gasteiger partial charge in [-0.2, -0.15) is 0 Å². The van der Waals surface area contributed by atoms with Gasteiger partial charge in [0.2, 0.25) is 0 Å². The third-order valence-corrected chi connectivity index (χ3v) is 3.84. The number of aromatic hydroxyl groups is 1. The lowest BCUT2D eigenvalue weighted by Crippen LogP contribution is -2.38. The molecule has 5 heteroatoms. The van der Waals surface area contributed by atoms with E-state index in [1.807, 2.05) is 25.1 Å². The smallest absolute Gasteiger partial charge is 0.191 e. The number of methoxy groups -OCH3 is 1. The number of phenolic OH excluding ortho intramolecular Hbond substituents is 1. The van der Waals surface area contributed by atoms with E-state index >= 15 is 0 Å². The first-order chi connectivity index (χ1) is 12.1. The average Bonchev–Trinajstić information content (AvgIpc) is 2.61. The lowest BCUT2D eigenvalue weighted by atomic mass is 10.1. The van der Waals surface area contributed by atoms with Gasteiger partial charge >= 0.3 is 0 Å². The second kappa shape index (κ2) is 9.57. The van der Waals surface area contributed by atoms with Crippen molar-refractivity contribution >= 4 is 5.96 Å². The highest BCUT2D eigenvalue weighted by atomic mass is 16.5. The van der Waals surface area contributed by atoms with Gasteiger partial charge in [0.05, 0.1) is 13.7 Å². The number of benzene rings is 2. The Morgan fingerprint density at radius 2 is 1.96 bits per heavy atom. The molecule has 0 amide bonds. The van der Waals surface area contributed by atoms with Gasteiger partial charge in [0, 0.05) is 13.1 Å². The molecule has 0 unspecified atom stereocenters. The van der Waals surface area contributed by atoms with Crippen molar-refractivity contribution in [1.82, 2.24) is 10.6 Å². The molecule has 2 aromatic rings. The van der Waals surface area contributed by atoms with E-state index in [0.29, 0.717) is 25.3 Å². The number of ether oxygens (including phenoxy) is 1. The largest absolute Gasteiger partial charge is 0.504 e. The molecule has 0 aliphatic rings. The Hall–Kier alpha value is -2.69. The molecular weight excluding hydrogens is 314 g/mol. The molecule has 0 aliphatic heterocycles. The number of nitrogens with zero attached hydrogens (tertiary/aromatic N) is 1. The first kappa shape index (κ1) is 18.6. The maximum Gasteiger partial charge on any atom is 0.191 e. The van der Waals surface area contributed by atoms with Crippen molar-refractivity contribution in [1.29, 1.82) is 0 Å². The summed E-state index contributed by atoms with van der Waals surface area (Å²) in [6.07, 6.45) is 0.678. The van der Waals surface area contributed by atoms with Crippen molar-refractivity contribution < 1.29 is 9.84 Å². The summed E-state index contributed by atoms with van der Waals surface area (Å²) in [7, 11) is 1.55. The standard InChI is InChI=1S/C20H27N3O2/c1-4-21-20(23-14-16-8-5-7-15(2)13-16)22-12-11-17-9-6-10-18(25-3)19(17)24/h5-10,13,24H,4,11-12,14H2,1-3H3,(H2,21,22,23). The molecule has 0 bridgehead atoms. The van der Waals surface area contributed by atoms with Gasteiger partial charge in [-0.25, -0.2) is 4.99 Å². The molecule has 2 rings (SSSR count). The molecule has 0 aromatic heterocycles. The first-order valence-corrected chi connectivity index (χ1v) is 8.56. The number of guanidine groups is 1. The highest BCUT2D eigenvalue weighted by Gasteiger charge is 2.07.